The molecule has 1 amide bonds. The van der Waals surface area contributed by atoms with E-state index in [1.807, 2.05) is 0 Å². The molecule has 1 aliphatic heterocycles. The van der Waals surface area contributed by atoms with Gasteiger partial charge < -0.3 is 9.64 Å². The number of hydrogen-bond donors (Lipinski definition) is 0. The summed E-state index contributed by atoms with van der Waals surface area (Å²) in [5.41, 5.74) is -0.505. The minimum atomic E-state index is -0.914. The van der Waals surface area contributed by atoms with E-state index in [1.54, 1.807) is 27.7 Å². The van der Waals surface area contributed by atoms with Gasteiger partial charge >= 0.3 is 6.09 Å². The van der Waals surface area contributed by atoms with E-state index in [4.69, 9.17) is 4.74 Å². The van der Waals surface area contributed by atoms with Gasteiger partial charge in [-0.05, 0) is 20.8 Å². The molecule has 82 valence electrons. The van der Waals surface area contributed by atoms with Gasteiger partial charge in [-0.2, -0.15) is 0 Å². The molecule has 0 aliphatic carbocycles. The second-order valence-electron chi connectivity index (χ2n) is 4.88. The van der Waals surface area contributed by atoms with Gasteiger partial charge in [0.15, 0.2) is 0 Å². The standard InChI is InChI=1S/C10H18FNO2/c1-7-5-12(6-8(7)11)9(13)14-10(2,3)4/h7-8H,5-6H2,1-4H3/t7-,8-/m1/s1. The molecule has 1 rings (SSSR count). The van der Waals surface area contributed by atoms with Crippen LogP contribution in [0.2, 0.25) is 0 Å². The molecule has 1 aliphatic rings. The lowest BCUT2D eigenvalue weighted by atomic mass is 10.1. The summed E-state index contributed by atoms with van der Waals surface area (Å²) in [5, 5.41) is 0. The van der Waals surface area contributed by atoms with Crippen LogP contribution in [0.25, 0.3) is 0 Å². The molecular weight excluding hydrogens is 185 g/mol. The van der Waals surface area contributed by atoms with Gasteiger partial charge in [0.05, 0.1) is 6.54 Å². The average Bonchev–Trinajstić information content (AvgIpc) is 2.28. The van der Waals surface area contributed by atoms with Crippen LogP contribution in [-0.4, -0.2) is 35.9 Å². The normalized spacial score (nSPS) is 27.9. The third-order valence-electron chi connectivity index (χ3n) is 2.17. The molecule has 2 atom stereocenters. The van der Waals surface area contributed by atoms with E-state index in [9.17, 15) is 9.18 Å². The Hall–Kier alpha value is -0.800. The lowest BCUT2D eigenvalue weighted by Gasteiger charge is -2.24. The summed E-state index contributed by atoms with van der Waals surface area (Å²) in [6.45, 7) is 7.83. The Balaban J connectivity index is 2.48. The van der Waals surface area contributed by atoms with E-state index >= 15 is 0 Å². The van der Waals surface area contributed by atoms with Gasteiger partial charge in [-0.1, -0.05) is 6.92 Å². The van der Waals surface area contributed by atoms with Gasteiger partial charge in [0.2, 0.25) is 0 Å². The molecule has 0 spiro atoms. The SMILES string of the molecule is C[C@@H]1CN(C(=O)OC(C)(C)C)C[C@H]1F. The summed E-state index contributed by atoms with van der Waals surface area (Å²) < 4.78 is 18.2. The summed E-state index contributed by atoms with van der Waals surface area (Å²) in [6, 6.07) is 0. The highest BCUT2D eigenvalue weighted by Crippen LogP contribution is 2.21. The Bertz CT molecular complexity index is 215. The van der Waals surface area contributed by atoms with Crippen molar-refractivity contribution in [2.24, 2.45) is 5.92 Å². The minimum Gasteiger partial charge on any atom is -0.444 e. The van der Waals surface area contributed by atoms with Crippen molar-refractivity contribution in [1.29, 1.82) is 0 Å². The molecule has 0 radical (unpaired) electrons. The van der Waals surface area contributed by atoms with Gasteiger partial charge in [0, 0.05) is 12.5 Å². The Morgan fingerprint density at radius 1 is 1.43 bits per heavy atom. The largest absolute Gasteiger partial charge is 0.444 e. The summed E-state index contributed by atoms with van der Waals surface area (Å²) in [5.74, 6) is -0.0810. The Morgan fingerprint density at radius 2 is 2.00 bits per heavy atom. The Kier molecular flexibility index (Phi) is 3.02. The van der Waals surface area contributed by atoms with Gasteiger partial charge in [0.25, 0.3) is 0 Å². The molecule has 1 fully saturated rings. The predicted octanol–water partition coefficient (Wildman–Crippen LogP) is 2.21. The van der Waals surface area contributed by atoms with Crippen LogP contribution in [0, 0.1) is 5.92 Å². The fraction of sp³-hybridized carbons (Fsp3) is 0.900. The highest BCUT2D eigenvalue weighted by atomic mass is 19.1. The molecule has 14 heavy (non-hydrogen) atoms. The van der Waals surface area contributed by atoms with Crippen LogP contribution in [0.5, 0.6) is 0 Å². The molecule has 0 bridgehead atoms. The topological polar surface area (TPSA) is 29.5 Å². The van der Waals surface area contributed by atoms with Gasteiger partial charge in [-0.25, -0.2) is 9.18 Å². The number of halogens is 1. The zero-order valence-electron chi connectivity index (χ0n) is 9.21. The number of ether oxygens (including phenoxy) is 1. The number of alkyl halides is 1. The monoisotopic (exact) mass is 203 g/mol. The van der Waals surface area contributed by atoms with Crippen LogP contribution < -0.4 is 0 Å². The lowest BCUT2D eigenvalue weighted by Crippen LogP contribution is -2.35. The number of carbonyl (C=O) groups excluding carboxylic acids is 1. The van der Waals surface area contributed by atoms with E-state index in [-0.39, 0.29) is 12.5 Å². The summed E-state index contributed by atoms with van der Waals surface area (Å²) >= 11 is 0. The van der Waals surface area contributed by atoms with E-state index < -0.39 is 17.9 Å². The summed E-state index contributed by atoms with van der Waals surface area (Å²) in [4.78, 5) is 12.9. The molecule has 1 heterocycles. The van der Waals surface area contributed by atoms with E-state index in [2.05, 4.69) is 0 Å². The molecule has 3 nitrogen and oxygen atoms in total. The van der Waals surface area contributed by atoms with Crippen molar-refractivity contribution in [2.45, 2.75) is 39.5 Å². The first-order valence-corrected chi connectivity index (χ1v) is 4.91. The highest BCUT2D eigenvalue weighted by molar-refractivity contribution is 5.68. The first-order valence-electron chi connectivity index (χ1n) is 4.91. The first-order chi connectivity index (χ1) is 6.29. The van der Waals surface area contributed by atoms with Crippen LogP contribution in [0.1, 0.15) is 27.7 Å². The Morgan fingerprint density at radius 3 is 2.36 bits per heavy atom. The molecule has 4 heteroatoms. The van der Waals surface area contributed by atoms with Gasteiger partial charge in [0.1, 0.15) is 11.8 Å². The van der Waals surface area contributed by atoms with Crippen molar-refractivity contribution in [1.82, 2.24) is 4.90 Å². The van der Waals surface area contributed by atoms with Crippen molar-refractivity contribution in [2.75, 3.05) is 13.1 Å². The zero-order valence-corrected chi connectivity index (χ0v) is 9.21. The van der Waals surface area contributed by atoms with E-state index in [1.165, 1.54) is 4.90 Å². The fourth-order valence-electron chi connectivity index (χ4n) is 1.40. The molecule has 1 saturated heterocycles. The van der Waals surface area contributed by atoms with E-state index in [0.29, 0.717) is 6.54 Å². The van der Waals surface area contributed by atoms with Crippen LogP contribution in [0.3, 0.4) is 0 Å². The van der Waals surface area contributed by atoms with Crippen molar-refractivity contribution in [3.63, 3.8) is 0 Å². The summed E-state index contributed by atoms with van der Waals surface area (Å²) in [6.07, 6.45) is -1.33. The second-order valence-corrected chi connectivity index (χ2v) is 4.88. The van der Waals surface area contributed by atoms with Crippen LogP contribution in [-0.2, 0) is 4.74 Å². The maximum atomic E-state index is 13.1. The second kappa shape index (κ2) is 3.75. The number of carbonyl (C=O) groups is 1. The van der Waals surface area contributed by atoms with Crippen molar-refractivity contribution < 1.29 is 13.9 Å². The van der Waals surface area contributed by atoms with Crippen molar-refractivity contribution in [3.8, 4) is 0 Å². The molecule has 0 saturated carbocycles. The van der Waals surface area contributed by atoms with Crippen LogP contribution in [0.15, 0.2) is 0 Å². The smallest absolute Gasteiger partial charge is 0.410 e. The maximum absolute atomic E-state index is 13.1. The molecule has 0 N–H and O–H groups in total. The van der Waals surface area contributed by atoms with Crippen molar-refractivity contribution >= 4 is 6.09 Å². The predicted molar refractivity (Wildman–Crippen MR) is 51.9 cm³/mol. The minimum absolute atomic E-state index is 0.0810. The van der Waals surface area contributed by atoms with Gasteiger partial charge in [-0.15, -0.1) is 0 Å². The number of likely N-dealkylation sites (tertiary alicyclic amines) is 1. The quantitative estimate of drug-likeness (QED) is 0.604. The number of nitrogens with zero attached hydrogens (tertiary/aromatic N) is 1. The van der Waals surface area contributed by atoms with E-state index in [0.717, 1.165) is 0 Å². The molecular formula is C10H18FNO2. The number of rotatable bonds is 0. The number of hydrogen-bond acceptors (Lipinski definition) is 2. The third-order valence-corrected chi connectivity index (χ3v) is 2.17. The van der Waals surface area contributed by atoms with Crippen molar-refractivity contribution in [3.05, 3.63) is 0 Å². The zero-order chi connectivity index (χ0) is 10.9. The number of amides is 1. The fourth-order valence-corrected chi connectivity index (χ4v) is 1.40. The molecule has 0 unspecified atom stereocenters. The third kappa shape index (κ3) is 2.86. The van der Waals surface area contributed by atoms with Gasteiger partial charge in [-0.3, -0.25) is 0 Å². The van der Waals surface area contributed by atoms with Crippen LogP contribution >= 0.6 is 0 Å². The first kappa shape index (κ1) is 11.3. The van der Waals surface area contributed by atoms with Crippen LogP contribution in [0.4, 0.5) is 9.18 Å². The lowest BCUT2D eigenvalue weighted by molar-refractivity contribution is 0.0281. The average molecular weight is 203 g/mol. The Labute approximate surface area is 84.2 Å². The molecule has 0 aromatic carbocycles. The molecule has 0 aromatic rings. The molecule has 0 aromatic heterocycles. The summed E-state index contributed by atoms with van der Waals surface area (Å²) in [7, 11) is 0. The highest BCUT2D eigenvalue weighted by Gasteiger charge is 2.34. The maximum Gasteiger partial charge on any atom is 0.410 e.